The van der Waals surface area contributed by atoms with Crippen molar-refractivity contribution in [3.8, 4) is 0 Å². The molecule has 1 aliphatic rings. The first kappa shape index (κ1) is 18.7. The minimum atomic E-state index is -1.03. The van der Waals surface area contributed by atoms with Crippen LogP contribution in [0.15, 0.2) is 40.9 Å². The second-order valence-electron chi connectivity index (χ2n) is 5.87. The molecular weight excluding hydrogens is 374 g/mol. The van der Waals surface area contributed by atoms with Gasteiger partial charge in [-0.2, -0.15) is 0 Å². The van der Waals surface area contributed by atoms with Gasteiger partial charge in [0.2, 0.25) is 5.91 Å². The van der Waals surface area contributed by atoms with Gasteiger partial charge in [-0.1, -0.05) is 40.2 Å². The van der Waals surface area contributed by atoms with E-state index < -0.39 is 17.4 Å². The first-order valence-electron chi connectivity index (χ1n) is 7.98. The number of carboxylic acids is 1. The fourth-order valence-electron chi connectivity index (χ4n) is 2.93. The molecule has 2 rings (SSSR count). The van der Waals surface area contributed by atoms with E-state index in [1.54, 1.807) is 12.2 Å². The Bertz CT molecular complexity index is 606. The number of allylic oxidation sites excluding steroid dienone is 1. The van der Waals surface area contributed by atoms with Gasteiger partial charge in [-0.25, -0.2) is 4.79 Å². The molecule has 1 aliphatic heterocycles. The maximum Gasteiger partial charge on any atom is 0.326 e. The monoisotopic (exact) mass is 395 g/mol. The van der Waals surface area contributed by atoms with Gasteiger partial charge in [0.05, 0.1) is 5.41 Å². The van der Waals surface area contributed by atoms with Crippen molar-refractivity contribution in [3.05, 3.63) is 46.5 Å². The highest BCUT2D eigenvalue weighted by Gasteiger charge is 2.42. The fraction of sp³-hybridized carbons (Fsp3) is 0.444. The van der Waals surface area contributed by atoms with Crippen LogP contribution in [-0.4, -0.2) is 36.2 Å². The second kappa shape index (κ2) is 8.44. The van der Waals surface area contributed by atoms with Crippen molar-refractivity contribution in [2.75, 3.05) is 13.2 Å². The van der Waals surface area contributed by atoms with E-state index in [0.717, 1.165) is 10.0 Å². The summed E-state index contributed by atoms with van der Waals surface area (Å²) >= 11 is 3.40. The zero-order valence-electron chi connectivity index (χ0n) is 13.6. The molecule has 0 saturated carbocycles. The number of carbonyl (C=O) groups is 2. The van der Waals surface area contributed by atoms with Crippen LogP contribution in [0.5, 0.6) is 0 Å². The van der Waals surface area contributed by atoms with E-state index in [2.05, 4.69) is 21.2 Å². The summed E-state index contributed by atoms with van der Waals surface area (Å²) in [7, 11) is 0. The topological polar surface area (TPSA) is 75.6 Å². The van der Waals surface area contributed by atoms with Crippen molar-refractivity contribution in [1.29, 1.82) is 0 Å². The number of halogens is 1. The number of amides is 1. The number of rotatable bonds is 6. The van der Waals surface area contributed by atoms with E-state index in [4.69, 9.17) is 4.74 Å². The van der Waals surface area contributed by atoms with Crippen LogP contribution in [-0.2, 0) is 19.7 Å². The summed E-state index contributed by atoms with van der Waals surface area (Å²) < 4.78 is 6.36. The van der Waals surface area contributed by atoms with Crippen molar-refractivity contribution in [1.82, 2.24) is 5.32 Å². The van der Waals surface area contributed by atoms with Gasteiger partial charge in [0, 0.05) is 17.7 Å². The van der Waals surface area contributed by atoms with Crippen molar-refractivity contribution in [3.63, 3.8) is 0 Å². The maximum absolute atomic E-state index is 13.0. The van der Waals surface area contributed by atoms with E-state index in [-0.39, 0.29) is 12.3 Å². The molecule has 6 heteroatoms. The molecule has 1 aromatic carbocycles. The molecule has 0 spiro atoms. The Morgan fingerprint density at radius 1 is 1.33 bits per heavy atom. The van der Waals surface area contributed by atoms with Gasteiger partial charge in [-0.3, -0.25) is 4.79 Å². The van der Waals surface area contributed by atoms with Gasteiger partial charge >= 0.3 is 5.97 Å². The SMILES string of the molecule is C/C=C/CC(NC(=O)C1(c2ccc(Br)cc2)CCOCC1)C(=O)O. The lowest BCUT2D eigenvalue weighted by atomic mass is 9.73. The van der Waals surface area contributed by atoms with Gasteiger partial charge in [0.25, 0.3) is 0 Å². The molecule has 0 radical (unpaired) electrons. The molecule has 1 fully saturated rings. The normalized spacial score (nSPS) is 18.2. The summed E-state index contributed by atoms with van der Waals surface area (Å²) in [6.45, 7) is 2.79. The van der Waals surface area contributed by atoms with Crippen LogP contribution in [0.25, 0.3) is 0 Å². The molecule has 1 aromatic rings. The molecule has 1 unspecified atom stereocenters. The highest BCUT2D eigenvalue weighted by Crippen LogP contribution is 2.36. The average Bonchev–Trinajstić information content (AvgIpc) is 2.59. The van der Waals surface area contributed by atoms with Crippen LogP contribution < -0.4 is 5.32 Å². The smallest absolute Gasteiger partial charge is 0.326 e. The molecule has 2 N–H and O–H groups in total. The number of nitrogens with one attached hydrogen (secondary N) is 1. The summed E-state index contributed by atoms with van der Waals surface area (Å²) in [5, 5.41) is 12.1. The van der Waals surface area contributed by atoms with Crippen molar-refractivity contribution >= 4 is 27.8 Å². The number of ether oxygens (including phenoxy) is 1. The highest BCUT2D eigenvalue weighted by atomic mass is 79.9. The van der Waals surface area contributed by atoms with Crippen LogP contribution >= 0.6 is 15.9 Å². The van der Waals surface area contributed by atoms with E-state index in [9.17, 15) is 14.7 Å². The Balaban J connectivity index is 2.28. The molecule has 24 heavy (non-hydrogen) atoms. The molecule has 0 aliphatic carbocycles. The van der Waals surface area contributed by atoms with Gasteiger partial charge in [0.15, 0.2) is 0 Å². The molecule has 0 aromatic heterocycles. The zero-order chi connectivity index (χ0) is 17.6. The average molecular weight is 396 g/mol. The first-order chi connectivity index (χ1) is 11.5. The zero-order valence-corrected chi connectivity index (χ0v) is 15.2. The third kappa shape index (κ3) is 4.24. The summed E-state index contributed by atoms with van der Waals surface area (Å²) in [6, 6.07) is 6.69. The van der Waals surface area contributed by atoms with E-state index in [1.165, 1.54) is 0 Å². The largest absolute Gasteiger partial charge is 0.480 e. The quantitative estimate of drug-likeness (QED) is 0.725. The first-order valence-corrected chi connectivity index (χ1v) is 8.77. The molecule has 1 atom stereocenters. The standard InChI is InChI=1S/C18H22BrNO4/c1-2-3-4-15(16(21)22)20-17(23)18(9-11-24-12-10-18)13-5-7-14(19)8-6-13/h2-3,5-8,15H,4,9-12H2,1H3,(H,20,23)(H,21,22)/b3-2+. The van der Waals surface area contributed by atoms with E-state index in [1.807, 2.05) is 31.2 Å². The van der Waals surface area contributed by atoms with Gasteiger partial charge < -0.3 is 15.2 Å². The van der Waals surface area contributed by atoms with Crippen molar-refractivity contribution in [2.45, 2.75) is 37.6 Å². The predicted molar refractivity (Wildman–Crippen MR) is 94.9 cm³/mol. The summed E-state index contributed by atoms with van der Waals surface area (Å²) in [6.07, 6.45) is 4.87. The minimum Gasteiger partial charge on any atom is -0.480 e. The number of carboxylic acid groups (broad SMARTS) is 1. The summed E-state index contributed by atoms with van der Waals surface area (Å²) in [4.78, 5) is 24.4. The number of benzene rings is 1. The molecular formula is C18H22BrNO4. The third-order valence-electron chi connectivity index (χ3n) is 4.39. The van der Waals surface area contributed by atoms with Crippen LogP contribution in [0.2, 0.25) is 0 Å². The molecule has 0 bridgehead atoms. The second-order valence-corrected chi connectivity index (χ2v) is 6.79. The number of aliphatic carboxylic acids is 1. The Morgan fingerprint density at radius 3 is 2.50 bits per heavy atom. The van der Waals surface area contributed by atoms with Gasteiger partial charge in [-0.15, -0.1) is 0 Å². The minimum absolute atomic E-state index is 0.245. The molecule has 5 nitrogen and oxygen atoms in total. The predicted octanol–water partition coefficient (Wildman–Crippen LogP) is 3.03. The Kier molecular flexibility index (Phi) is 6.57. The van der Waals surface area contributed by atoms with Gasteiger partial charge in [0.1, 0.15) is 6.04 Å². The Labute approximate surface area is 150 Å². The number of hydrogen-bond donors (Lipinski definition) is 2. The Hall–Kier alpha value is -1.66. The molecule has 130 valence electrons. The van der Waals surface area contributed by atoms with Crippen LogP contribution in [0.1, 0.15) is 31.7 Å². The van der Waals surface area contributed by atoms with Crippen LogP contribution in [0, 0.1) is 0 Å². The van der Waals surface area contributed by atoms with E-state index in [0.29, 0.717) is 26.1 Å². The molecule has 1 heterocycles. The third-order valence-corrected chi connectivity index (χ3v) is 4.92. The lowest BCUT2D eigenvalue weighted by Crippen LogP contribution is -2.52. The molecule has 1 amide bonds. The number of hydrogen-bond acceptors (Lipinski definition) is 3. The van der Waals surface area contributed by atoms with Crippen molar-refractivity contribution < 1.29 is 19.4 Å². The number of carbonyl (C=O) groups excluding carboxylic acids is 1. The summed E-state index contributed by atoms with van der Waals surface area (Å²) in [5.41, 5.74) is 0.143. The van der Waals surface area contributed by atoms with E-state index >= 15 is 0 Å². The van der Waals surface area contributed by atoms with Crippen molar-refractivity contribution in [2.24, 2.45) is 0 Å². The summed E-state index contributed by atoms with van der Waals surface area (Å²) in [5.74, 6) is -1.27. The lowest BCUT2D eigenvalue weighted by Gasteiger charge is -2.37. The Morgan fingerprint density at radius 2 is 1.96 bits per heavy atom. The van der Waals surface area contributed by atoms with Crippen LogP contribution in [0.3, 0.4) is 0 Å². The van der Waals surface area contributed by atoms with Crippen LogP contribution in [0.4, 0.5) is 0 Å². The molecule has 1 saturated heterocycles. The fourth-order valence-corrected chi connectivity index (χ4v) is 3.19. The lowest BCUT2D eigenvalue weighted by molar-refractivity contribution is -0.143. The highest BCUT2D eigenvalue weighted by molar-refractivity contribution is 9.10. The maximum atomic E-state index is 13.0. The van der Waals surface area contributed by atoms with Gasteiger partial charge in [-0.05, 0) is 43.9 Å².